The molecule has 0 aromatic rings. The number of methoxy groups -OCH3 is 1. The molecule has 116 valence electrons. The minimum absolute atomic E-state index is 0.0141. The topological polar surface area (TPSA) is 96.0 Å². The first kappa shape index (κ1) is 14.5. The summed E-state index contributed by atoms with van der Waals surface area (Å²) in [5.74, 6) is -1.95. The Morgan fingerprint density at radius 2 is 2.10 bits per heavy atom. The van der Waals surface area contributed by atoms with Crippen LogP contribution < -0.4 is 0 Å². The van der Waals surface area contributed by atoms with Crippen LogP contribution in [0, 0.1) is 17.8 Å². The first-order chi connectivity index (χ1) is 9.89. The van der Waals surface area contributed by atoms with Crippen LogP contribution in [0.4, 0.5) is 0 Å². The molecule has 0 radical (unpaired) electrons. The van der Waals surface area contributed by atoms with E-state index in [0.717, 1.165) is 6.08 Å². The highest BCUT2D eigenvalue weighted by Gasteiger charge is 2.69. The summed E-state index contributed by atoms with van der Waals surface area (Å²) in [4.78, 5) is 23.0. The zero-order valence-corrected chi connectivity index (χ0v) is 12.2. The summed E-state index contributed by atoms with van der Waals surface area (Å²) in [6.45, 7) is 3.33. The Labute approximate surface area is 122 Å². The molecule has 6 unspecified atom stereocenters. The Balaban J connectivity index is 1.90. The van der Waals surface area contributed by atoms with Crippen molar-refractivity contribution >= 4 is 22.1 Å². The molecule has 7 nitrogen and oxygen atoms in total. The fourth-order valence-electron chi connectivity index (χ4n) is 4.02. The van der Waals surface area contributed by atoms with Crippen molar-refractivity contribution in [2.24, 2.45) is 17.8 Å². The summed E-state index contributed by atoms with van der Waals surface area (Å²) in [7, 11) is -2.48. The SMILES string of the molecule is C=CC(=O)OC1C2CC3C1OS(=O)(=O)C3C2CC(=O)OC. The lowest BCUT2D eigenvalue weighted by Crippen LogP contribution is -2.43. The standard InChI is InChI=1S/C13H16O7S/c1-3-9(14)19-11-6-4-8-12(11)20-21(16,17)13(8)7(6)5-10(15)18-2/h3,6-8,11-13H,1,4-5H2,2H3. The fraction of sp³-hybridized carbons (Fsp3) is 0.692. The second-order valence-corrected chi connectivity index (χ2v) is 7.35. The Bertz CT molecular complexity index is 596. The van der Waals surface area contributed by atoms with E-state index in [9.17, 15) is 18.0 Å². The lowest BCUT2D eigenvalue weighted by atomic mass is 9.82. The summed E-state index contributed by atoms with van der Waals surface area (Å²) in [5.41, 5.74) is 0. The number of carbonyl (C=O) groups is 2. The van der Waals surface area contributed by atoms with E-state index in [2.05, 4.69) is 11.3 Å². The molecule has 1 saturated heterocycles. The van der Waals surface area contributed by atoms with Crippen LogP contribution in [0.2, 0.25) is 0 Å². The lowest BCUT2D eigenvalue weighted by molar-refractivity contribution is -0.152. The molecule has 0 N–H and O–H groups in total. The van der Waals surface area contributed by atoms with Gasteiger partial charge in [0.25, 0.3) is 10.1 Å². The Morgan fingerprint density at radius 3 is 2.71 bits per heavy atom. The van der Waals surface area contributed by atoms with Crippen LogP contribution >= 0.6 is 0 Å². The molecular formula is C13H16O7S. The van der Waals surface area contributed by atoms with Crippen molar-refractivity contribution in [1.82, 2.24) is 0 Å². The quantitative estimate of drug-likeness (QED) is 0.409. The van der Waals surface area contributed by atoms with E-state index in [4.69, 9.17) is 8.92 Å². The van der Waals surface area contributed by atoms with Crippen molar-refractivity contribution < 1.29 is 31.7 Å². The van der Waals surface area contributed by atoms with Crippen LogP contribution in [0.3, 0.4) is 0 Å². The van der Waals surface area contributed by atoms with Crippen LogP contribution in [-0.2, 0) is 33.4 Å². The summed E-state index contributed by atoms with van der Waals surface area (Å²) >= 11 is 0. The minimum Gasteiger partial charge on any atom is -0.469 e. The van der Waals surface area contributed by atoms with E-state index < -0.39 is 45.4 Å². The highest BCUT2D eigenvalue weighted by molar-refractivity contribution is 7.87. The third-order valence-electron chi connectivity index (χ3n) is 4.73. The van der Waals surface area contributed by atoms with Crippen molar-refractivity contribution in [2.75, 3.05) is 7.11 Å². The summed E-state index contributed by atoms with van der Waals surface area (Å²) < 4.78 is 39.3. The smallest absolute Gasteiger partial charge is 0.330 e. The number of esters is 2. The normalized spacial score (nSPS) is 41.8. The number of ether oxygens (including phenoxy) is 2. The molecule has 2 saturated carbocycles. The Kier molecular flexibility index (Phi) is 3.32. The van der Waals surface area contributed by atoms with E-state index in [1.54, 1.807) is 0 Å². The van der Waals surface area contributed by atoms with Gasteiger partial charge in [-0.25, -0.2) is 4.79 Å². The molecule has 0 aromatic heterocycles. The summed E-state index contributed by atoms with van der Waals surface area (Å²) in [6, 6.07) is 0. The average molecular weight is 316 g/mol. The summed E-state index contributed by atoms with van der Waals surface area (Å²) in [5, 5.41) is -0.703. The van der Waals surface area contributed by atoms with Gasteiger partial charge in [-0.3, -0.25) is 8.98 Å². The number of rotatable bonds is 4. The molecular weight excluding hydrogens is 300 g/mol. The Hall–Kier alpha value is -1.41. The predicted molar refractivity (Wildman–Crippen MR) is 69.4 cm³/mol. The highest BCUT2D eigenvalue weighted by Crippen LogP contribution is 2.59. The first-order valence-electron chi connectivity index (χ1n) is 6.71. The van der Waals surface area contributed by atoms with Crippen LogP contribution in [0.5, 0.6) is 0 Å². The minimum atomic E-state index is -3.73. The number of fused-ring (bicyclic) bond motifs is 1. The van der Waals surface area contributed by atoms with Crippen molar-refractivity contribution in [3.05, 3.63) is 12.7 Å². The molecule has 6 atom stereocenters. The van der Waals surface area contributed by atoms with E-state index in [1.165, 1.54) is 7.11 Å². The second-order valence-electron chi connectivity index (χ2n) is 5.63. The van der Waals surface area contributed by atoms with E-state index >= 15 is 0 Å². The molecule has 8 heteroatoms. The second kappa shape index (κ2) is 4.81. The van der Waals surface area contributed by atoms with Gasteiger partial charge in [-0.1, -0.05) is 6.58 Å². The molecule has 2 bridgehead atoms. The van der Waals surface area contributed by atoms with Gasteiger partial charge in [0.1, 0.15) is 12.2 Å². The molecule has 1 aliphatic heterocycles. The third-order valence-corrected chi connectivity index (χ3v) is 6.59. The molecule has 2 aliphatic carbocycles. The van der Waals surface area contributed by atoms with Gasteiger partial charge in [0, 0.05) is 17.9 Å². The van der Waals surface area contributed by atoms with Gasteiger partial charge in [-0.2, -0.15) is 8.42 Å². The molecule has 0 spiro atoms. The summed E-state index contributed by atoms with van der Waals surface area (Å²) in [6.07, 6.45) is 0.305. The van der Waals surface area contributed by atoms with Crippen LogP contribution in [0.25, 0.3) is 0 Å². The lowest BCUT2D eigenvalue weighted by Gasteiger charge is -2.30. The number of hydrogen-bond donors (Lipinski definition) is 0. The van der Waals surface area contributed by atoms with Crippen LogP contribution in [0.1, 0.15) is 12.8 Å². The third kappa shape index (κ3) is 2.08. The maximum Gasteiger partial charge on any atom is 0.330 e. The van der Waals surface area contributed by atoms with Gasteiger partial charge in [0.05, 0.1) is 18.8 Å². The maximum absolute atomic E-state index is 12.1. The predicted octanol–water partition coefficient (Wildman–Crippen LogP) is 0.0104. The van der Waals surface area contributed by atoms with E-state index in [0.29, 0.717) is 6.42 Å². The van der Waals surface area contributed by atoms with E-state index in [-0.39, 0.29) is 18.3 Å². The van der Waals surface area contributed by atoms with Crippen LogP contribution in [-0.4, -0.2) is 44.9 Å². The maximum atomic E-state index is 12.1. The first-order valence-corrected chi connectivity index (χ1v) is 8.18. The largest absolute Gasteiger partial charge is 0.469 e. The molecule has 3 rings (SSSR count). The van der Waals surface area contributed by atoms with E-state index in [1.807, 2.05) is 0 Å². The highest BCUT2D eigenvalue weighted by atomic mass is 32.2. The van der Waals surface area contributed by atoms with Crippen molar-refractivity contribution in [1.29, 1.82) is 0 Å². The average Bonchev–Trinajstić information content (AvgIpc) is 3.01. The number of hydrogen-bond acceptors (Lipinski definition) is 7. The molecule has 1 heterocycles. The monoisotopic (exact) mass is 316 g/mol. The molecule has 21 heavy (non-hydrogen) atoms. The molecule has 3 fully saturated rings. The molecule has 0 aromatic carbocycles. The van der Waals surface area contributed by atoms with Gasteiger partial charge in [0.15, 0.2) is 0 Å². The van der Waals surface area contributed by atoms with Gasteiger partial charge in [-0.05, 0) is 12.3 Å². The zero-order chi connectivity index (χ0) is 15.4. The number of carbonyl (C=O) groups excluding carboxylic acids is 2. The zero-order valence-electron chi connectivity index (χ0n) is 11.4. The fourth-order valence-corrected chi connectivity index (χ4v) is 6.13. The van der Waals surface area contributed by atoms with Crippen molar-refractivity contribution in [3.63, 3.8) is 0 Å². The molecule has 0 amide bonds. The molecule has 3 aliphatic rings. The van der Waals surface area contributed by atoms with Crippen molar-refractivity contribution in [3.8, 4) is 0 Å². The van der Waals surface area contributed by atoms with Crippen molar-refractivity contribution in [2.45, 2.75) is 30.3 Å². The van der Waals surface area contributed by atoms with Gasteiger partial charge < -0.3 is 9.47 Å². The van der Waals surface area contributed by atoms with Gasteiger partial charge in [0.2, 0.25) is 0 Å². The Morgan fingerprint density at radius 1 is 1.38 bits per heavy atom. The van der Waals surface area contributed by atoms with Crippen LogP contribution in [0.15, 0.2) is 12.7 Å². The van der Waals surface area contributed by atoms with Gasteiger partial charge in [-0.15, -0.1) is 0 Å². The van der Waals surface area contributed by atoms with Gasteiger partial charge >= 0.3 is 11.9 Å².